The van der Waals surface area contributed by atoms with Crippen LogP contribution in [0.25, 0.3) is 10.4 Å². The van der Waals surface area contributed by atoms with Gasteiger partial charge in [-0.05, 0) is 36.3 Å². The fourth-order valence-electron chi connectivity index (χ4n) is 5.48. The molecule has 1 aliphatic heterocycles. The van der Waals surface area contributed by atoms with E-state index in [1.165, 1.54) is 4.90 Å². The Bertz CT molecular complexity index is 1260. The Hall–Kier alpha value is -3.31. The number of hydrogen-bond acceptors (Lipinski definition) is 7. The number of nitrogens with one attached hydrogen (secondary N) is 2. The molecule has 0 radical (unpaired) electrons. The maximum atomic E-state index is 13.8. The number of β-amino-alcohol motifs (C(OH)–C–C–N with tert-alkyl or cyclic N) is 1. The van der Waals surface area contributed by atoms with Crippen molar-refractivity contribution in [2.45, 2.75) is 117 Å². The van der Waals surface area contributed by atoms with E-state index in [0.717, 1.165) is 66.6 Å². The van der Waals surface area contributed by atoms with Crippen LogP contribution in [0.5, 0.6) is 0 Å². The van der Waals surface area contributed by atoms with Crippen molar-refractivity contribution in [1.29, 1.82) is 0 Å². The Labute approximate surface area is 265 Å². The van der Waals surface area contributed by atoms with Crippen LogP contribution in [0.3, 0.4) is 0 Å². The van der Waals surface area contributed by atoms with Crippen LogP contribution in [-0.2, 0) is 25.7 Å². The molecule has 1 aromatic heterocycles. The number of aromatic nitrogens is 1. The van der Waals surface area contributed by atoms with E-state index in [9.17, 15) is 24.3 Å². The van der Waals surface area contributed by atoms with Crippen molar-refractivity contribution in [2.24, 2.45) is 11.1 Å². The molecule has 0 unspecified atom stereocenters. The van der Waals surface area contributed by atoms with Gasteiger partial charge in [-0.3, -0.25) is 19.2 Å². The fraction of sp³-hybridized carbons (Fsp3) is 0.606. The van der Waals surface area contributed by atoms with Crippen molar-refractivity contribution in [3.63, 3.8) is 0 Å². The molecule has 0 saturated carbocycles. The van der Waals surface area contributed by atoms with Gasteiger partial charge in [0.2, 0.25) is 23.6 Å². The van der Waals surface area contributed by atoms with E-state index in [-0.39, 0.29) is 36.6 Å². The molecule has 0 spiro atoms. The molecule has 242 valence electrons. The number of nitrogens with two attached hydrogens (primary N) is 1. The average Bonchev–Trinajstić information content (AvgIpc) is 3.58. The number of likely N-dealkylation sites (tertiary alicyclic amines) is 1. The molecule has 0 bridgehead atoms. The van der Waals surface area contributed by atoms with Gasteiger partial charge >= 0.3 is 0 Å². The number of aliphatic hydroxyl groups excluding tert-OH is 1. The summed E-state index contributed by atoms with van der Waals surface area (Å²) in [5.74, 6) is -1.14. The third kappa shape index (κ3) is 10.7. The molecule has 1 aromatic carbocycles. The number of aliphatic hydroxyl groups is 1. The normalized spacial score (nSPS) is 17.3. The second-order valence-corrected chi connectivity index (χ2v) is 13.7. The number of rotatable bonds is 16. The zero-order chi connectivity index (χ0) is 32.3. The lowest BCUT2D eigenvalue weighted by Gasteiger charge is -2.35. The molecule has 0 aliphatic carbocycles. The van der Waals surface area contributed by atoms with E-state index >= 15 is 0 Å². The zero-order valence-electron chi connectivity index (χ0n) is 26.6. The van der Waals surface area contributed by atoms with E-state index in [0.29, 0.717) is 19.4 Å². The summed E-state index contributed by atoms with van der Waals surface area (Å²) in [5.41, 5.74) is 9.36. The highest BCUT2D eigenvalue weighted by Gasteiger charge is 2.44. The van der Waals surface area contributed by atoms with Crippen LogP contribution >= 0.6 is 11.3 Å². The molecule has 1 fully saturated rings. The summed E-state index contributed by atoms with van der Waals surface area (Å²) in [6, 6.07) is 6.27. The van der Waals surface area contributed by atoms with E-state index in [1.807, 2.05) is 57.5 Å². The molecule has 5 N–H and O–H groups in total. The summed E-state index contributed by atoms with van der Waals surface area (Å²) in [6.07, 6.45) is 6.58. The highest BCUT2D eigenvalue weighted by Crippen LogP contribution is 2.28. The Morgan fingerprint density at radius 3 is 2.20 bits per heavy atom. The van der Waals surface area contributed by atoms with Crippen molar-refractivity contribution >= 4 is 35.0 Å². The first kappa shape index (κ1) is 35.2. The van der Waals surface area contributed by atoms with Crippen LogP contribution in [0.1, 0.15) is 96.2 Å². The SMILES string of the molecule is Cc1ncsc1-c1ccc(CNC(=O)[C@@H]2C[C@@H](O)CN2C(=O)[C@@H](NC(=O)CCCCCCCCCC(N)=O)C(C)(C)C)cc1. The Morgan fingerprint density at radius 2 is 1.64 bits per heavy atom. The van der Waals surface area contributed by atoms with E-state index < -0.39 is 23.6 Å². The van der Waals surface area contributed by atoms with Crippen LogP contribution in [0.2, 0.25) is 0 Å². The second kappa shape index (κ2) is 16.7. The van der Waals surface area contributed by atoms with E-state index in [2.05, 4.69) is 15.6 Å². The summed E-state index contributed by atoms with van der Waals surface area (Å²) in [7, 11) is 0. The molecule has 3 rings (SSSR count). The minimum absolute atomic E-state index is 0.0434. The Balaban J connectivity index is 1.50. The van der Waals surface area contributed by atoms with Gasteiger partial charge in [0.1, 0.15) is 12.1 Å². The first-order chi connectivity index (χ1) is 20.9. The molecule has 2 heterocycles. The van der Waals surface area contributed by atoms with Crippen LogP contribution in [0.15, 0.2) is 29.8 Å². The molecule has 3 atom stereocenters. The largest absolute Gasteiger partial charge is 0.391 e. The number of amides is 4. The number of thiazole rings is 1. The third-order valence-corrected chi connectivity index (χ3v) is 9.02. The molecular formula is C33H49N5O5S. The second-order valence-electron chi connectivity index (χ2n) is 12.9. The maximum absolute atomic E-state index is 13.8. The number of benzene rings is 1. The topological polar surface area (TPSA) is 155 Å². The van der Waals surface area contributed by atoms with Crippen molar-refractivity contribution in [3.05, 3.63) is 41.0 Å². The van der Waals surface area contributed by atoms with Crippen LogP contribution in [0, 0.1) is 12.3 Å². The van der Waals surface area contributed by atoms with Gasteiger partial charge in [-0.15, -0.1) is 11.3 Å². The van der Waals surface area contributed by atoms with Crippen LogP contribution in [-0.4, -0.2) is 63.4 Å². The van der Waals surface area contributed by atoms with E-state index in [1.54, 1.807) is 11.3 Å². The first-order valence-corrected chi connectivity index (χ1v) is 16.6. The molecule has 2 aromatic rings. The smallest absolute Gasteiger partial charge is 0.246 e. The first-order valence-electron chi connectivity index (χ1n) is 15.7. The van der Waals surface area contributed by atoms with Crippen LogP contribution in [0.4, 0.5) is 0 Å². The number of carbonyl (C=O) groups excluding carboxylic acids is 4. The number of aryl methyl sites for hydroxylation is 1. The predicted molar refractivity (Wildman–Crippen MR) is 172 cm³/mol. The third-order valence-electron chi connectivity index (χ3n) is 8.04. The summed E-state index contributed by atoms with van der Waals surface area (Å²) < 4.78 is 0. The van der Waals surface area contributed by atoms with Crippen LogP contribution < -0.4 is 16.4 Å². The van der Waals surface area contributed by atoms with Gasteiger partial charge in [0.15, 0.2) is 0 Å². The molecule has 1 aliphatic rings. The van der Waals surface area contributed by atoms with E-state index in [4.69, 9.17) is 5.73 Å². The number of carbonyl (C=O) groups is 4. The number of unbranched alkanes of at least 4 members (excludes halogenated alkanes) is 6. The quantitative estimate of drug-likeness (QED) is 0.204. The lowest BCUT2D eigenvalue weighted by Crippen LogP contribution is -2.57. The van der Waals surface area contributed by atoms with Gasteiger partial charge in [0.25, 0.3) is 0 Å². The number of primary amides is 1. The molecule has 11 heteroatoms. The average molecular weight is 628 g/mol. The molecule has 1 saturated heterocycles. The maximum Gasteiger partial charge on any atom is 0.246 e. The lowest BCUT2D eigenvalue weighted by molar-refractivity contribution is -0.144. The Kier molecular flexibility index (Phi) is 13.3. The molecule has 10 nitrogen and oxygen atoms in total. The van der Waals surface area contributed by atoms with Crippen molar-refractivity contribution in [1.82, 2.24) is 20.5 Å². The number of hydrogen-bond donors (Lipinski definition) is 4. The minimum atomic E-state index is -0.830. The van der Waals surface area contributed by atoms with Gasteiger partial charge in [-0.1, -0.05) is 77.1 Å². The van der Waals surface area contributed by atoms with Gasteiger partial charge in [-0.2, -0.15) is 0 Å². The van der Waals surface area contributed by atoms with Gasteiger partial charge in [0.05, 0.1) is 22.2 Å². The standard InChI is InChI=1S/C33H49N5O5S/c1-22-29(44-21-36-22)24-16-14-23(15-17-24)19-35-31(42)26-18-25(39)20-38(26)32(43)30(33(2,3)4)37-28(41)13-11-9-7-5-6-8-10-12-27(34)40/h14-17,21,25-26,30,39H,5-13,18-20H2,1-4H3,(H2,34,40)(H,35,42)(H,37,41)/t25-,26+,30-/m1/s1. The van der Waals surface area contributed by atoms with Crippen molar-refractivity contribution in [2.75, 3.05) is 6.54 Å². The highest BCUT2D eigenvalue weighted by atomic mass is 32.1. The highest BCUT2D eigenvalue weighted by molar-refractivity contribution is 7.13. The minimum Gasteiger partial charge on any atom is -0.391 e. The van der Waals surface area contributed by atoms with Crippen molar-refractivity contribution in [3.8, 4) is 10.4 Å². The summed E-state index contributed by atoms with van der Waals surface area (Å²) in [6.45, 7) is 7.96. The molecule has 4 amide bonds. The molecular weight excluding hydrogens is 578 g/mol. The lowest BCUT2D eigenvalue weighted by atomic mass is 9.85. The summed E-state index contributed by atoms with van der Waals surface area (Å²) >= 11 is 1.58. The summed E-state index contributed by atoms with van der Waals surface area (Å²) in [4.78, 5) is 57.5. The van der Waals surface area contributed by atoms with Crippen molar-refractivity contribution < 1.29 is 24.3 Å². The summed E-state index contributed by atoms with van der Waals surface area (Å²) in [5, 5.41) is 16.3. The van der Waals surface area contributed by atoms with Gasteiger partial charge in [-0.25, -0.2) is 4.98 Å². The number of nitrogens with zero attached hydrogens (tertiary/aromatic N) is 2. The van der Waals surface area contributed by atoms with Gasteiger partial charge < -0.3 is 26.4 Å². The predicted octanol–water partition coefficient (Wildman–Crippen LogP) is 4.22. The van der Waals surface area contributed by atoms with Gasteiger partial charge in [0, 0.05) is 32.4 Å². The monoisotopic (exact) mass is 627 g/mol. The fourth-order valence-corrected chi connectivity index (χ4v) is 6.29. The Morgan fingerprint density at radius 1 is 1.02 bits per heavy atom. The molecule has 44 heavy (non-hydrogen) atoms. The zero-order valence-corrected chi connectivity index (χ0v) is 27.4.